The smallest absolute Gasteiger partial charge is 1.00 e. The summed E-state index contributed by atoms with van der Waals surface area (Å²) in [6.07, 6.45) is 0. The molecule has 0 spiro atoms. The molecule has 0 atom stereocenters. The predicted octanol–water partition coefficient (Wildman–Crippen LogP) is 3.69. The quantitative estimate of drug-likeness (QED) is 0.302. The summed E-state index contributed by atoms with van der Waals surface area (Å²) in [6.45, 7) is 3.93. The number of aryl methyl sites for hydroxylation is 2. The van der Waals surface area contributed by atoms with Gasteiger partial charge in [-0.1, -0.05) is 112 Å². The summed E-state index contributed by atoms with van der Waals surface area (Å²) in [7, 11) is -7.23. The van der Waals surface area contributed by atoms with Gasteiger partial charge >= 0.3 is 69.2 Å². The molecule has 0 N–H and O–H groups in total. The van der Waals surface area contributed by atoms with Crippen LogP contribution in [0.25, 0.3) is 11.1 Å². The molecule has 0 aliphatic rings. The maximum Gasteiger partial charge on any atom is 1.00 e. The van der Waals surface area contributed by atoms with Crippen LogP contribution >= 0.6 is 0 Å². The molecule has 0 saturated heterocycles. The minimum atomic E-state index is -4.89. The van der Waals surface area contributed by atoms with Crippen LogP contribution in [-0.2, 0) is 10.5 Å². The van der Waals surface area contributed by atoms with Crippen LogP contribution in [0.2, 0.25) is 0 Å². The Labute approximate surface area is 249 Å². The van der Waals surface area contributed by atoms with Gasteiger partial charge in [0.15, 0.2) is 0 Å². The Morgan fingerprint density at radius 3 is 1.46 bits per heavy atom. The SMILES string of the molecule is Cc1ccc(-c2ccccc2)cc1.Cc1ccc(OS(=O)(=O)F)cc1.FB(F)c1ccccc1.[H-].[K+]. The molecule has 4 rings (SSSR count). The van der Waals surface area contributed by atoms with E-state index in [4.69, 9.17) is 0 Å². The van der Waals surface area contributed by atoms with Crippen molar-refractivity contribution in [1.29, 1.82) is 0 Å². The molecule has 0 bridgehead atoms. The molecular formula is C26H25BF3KO3S. The molecule has 35 heavy (non-hydrogen) atoms. The van der Waals surface area contributed by atoms with Crippen LogP contribution in [0.4, 0.5) is 12.5 Å². The number of halogens is 3. The molecule has 0 aliphatic heterocycles. The van der Waals surface area contributed by atoms with E-state index in [-0.39, 0.29) is 64.0 Å². The molecule has 0 radical (unpaired) electrons. The molecule has 0 unspecified atom stereocenters. The van der Waals surface area contributed by atoms with E-state index in [9.17, 15) is 20.9 Å². The Balaban J connectivity index is 0.000000505. The van der Waals surface area contributed by atoms with Crippen LogP contribution in [0.15, 0.2) is 109 Å². The number of benzene rings is 4. The van der Waals surface area contributed by atoms with Crippen LogP contribution in [0.3, 0.4) is 0 Å². The van der Waals surface area contributed by atoms with E-state index < -0.39 is 17.8 Å². The van der Waals surface area contributed by atoms with Crippen molar-refractivity contribution in [2.45, 2.75) is 13.8 Å². The van der Waals surface area contributed by atoms with Crippen molar-refractivity contribution in [2.75, 3.05) is 0 Å². The molecule has 4 aromatic rings. The van der Waals surface area contributed by atoms with Crippen molar-refractivity contribution >= 4 is 23.2 Å². The van der Waals surface area contributed by atoms with Gasteiger partial charge < -0.3 is 5.61 Å². The number of hydrogen-bond donors (Lipinski definition) is 0. The zero-order chi connectivity index (χ0) is 25.0. The van der Waals surface area contributed by atoms with Gasteiger partial charge in [0, 0.05) is 0 Å². The summed E-state index contributed by atoms with van der Waals surface area (Å²) in [5.74, 6) is -0.0249. The Kier molecular flexibility index (Phi) is 14.2. The Morgan fingerprint density at radius 1 is 0.657 bits per heavy atom. The maximum absolute atomic E-state index is 11.9. The van der Waals surface area contributed by atoms with E-state index >= 15 is 0 Å². The first-order valence-electron chi connectivity index (χ1n) is 10.3. The van der Waals surface area contributed by atoms with Crippen molar-refractivity contribution < 1.29 is 77.9 Å². The van der Waals surface area contributed by atoms with Crippen LogP contribution in [0, 0.1) is 13.8 Å². The largest absolute Gasteiger partial charge is 1.00 e. The van der Waals surface area contributed by atoms with E-state index in [1.54, 1.807) is 30.3 Å². The molecule has 178 valence electrons. The third-order valence-corrected chi connectivity index (χ3v) is 4.82. The van der Waals surface area contributed by atoms with Gasteiger partial charge in [0.2, 0.25) is 0 Å². The van der Waals surface area contributed by atoms with Crippen molar-refractivity contribution in [2.24, 2.45) is 0 Å². The summed E-state index contributed by atoms with van der Waals surface area (Å²) in [4.78, 5) is 0. The standard InChI is InChI=1S/C13H12.C7H7FO3S.C6H5BF2.K.H/c1-11-7-9-13(10-8-11)12-5-3-2-4-6-12;1-6-2-4-7(5-3-6)11-12(8,9)10;8-7(9)6-4-2-1-3-5-6;;/h2-10H,1H3;2-5H,1H3;1-5H;;/q;;;+1;-1. The van der Waals surface area contributed by atoms with E-state index in [0.717, 1.165) is 5.56 Å². The monoisotopic (exact) mass is 524 g/mol. The van der Waals surface area contributed by atoms with Crippen molar-refractivity contribution in [3.05, 3.63) is 120 Å². The molecule has 0 heterocycles. The van der Waals surface area contributed by atoms with E-state index in [1.807, 2.05) is 13.0 Å². The summed E-state index contributed by atoms with van der Waals surface area (Å²) in [5, 5.41) is 0. The zero-order valence-electron chi connectivity index (χ0n) is 20.7. The minimum Gasteiger partial charge on any atom is -1.00 e. The van der Waals surface area contributed by atoms with Gasteiger partial charge in [-0.15, -0.1) is 0 Å². The van der Waals surface area contributed by atoms with Gasteiger partial charge in [-0.25, -0.2) is 0 Å². The fourth-order valence-corrected chi connectivity index (χ4v) is 3.02. The fraction of sp³-hybridized carbons (Fsp3) is 0.0769. The van der Waals surface area contributed by atoms with Gasteiger partial charge in [-0.2, -0.15) is 8.42 Å². The molecule has 4 aromatic carbocycles. The van der Waals surface area contributed by atoms with Crippen molar-refractivity contribution in [3.8, 4) is 16.9 Å². The first-order valence-corrected chi connectivity index (χ1v) is 11.6. The van der Waals surface area contributed by atoms with Gasteiger partial charge in [0.1, 0.15) is 5.75 Å². The molecule has 3 nitrogen and oxygen atoms in total. The maximum atomic E-state index is 11.9. The average molecular weight is 524 g/mol. The Morgan fingerprint density at radius 2 is 1.06 bits per heavy atom. The van der Waals surface area contributed by atoms with Crippen molar-refractivity contribution in [3.63, 3.8) is 0 Å². The molecular weight excluding hydrogens is 499 g/mol. The van der Waals surface area contributed by atoms with Gasteiger partial charge in [-0.3, -0.25) is 8.63 Å². The van der Waals surface area contributed by atoms with Crippen LogP contribution < -0.4 is 61.0 Å². The number of hydrogen-bond acceptors (Lipinski definition) is 3. The second-order valence-electron chi connectivity index (χ2n) is 7.23. The summed E-state index contributed by atoms with van der Waals surface area (Å²) in [5.41, 5.74) is 4.89. The van der Waals surface area contributed by atoms with E-state index in [2.05, 4.69) is 59.6 Å². The number of rotatable bonds is 4. The summed E-state index contributed by atoms with van der Waals surface area (Å²) < 4.78 is 59.4. The molecule has 0 amide bonds. The van der Waals surface area contributed by atoms with Crippen LogP contribution in [0.5, 0.6) is 5.75 Å². The third kappa shape index (κ3) is 13.1. The minimum absolute atomic E-state index is 0. The first-order chi connectivity index (χ1) is 16.1. The molecule has 0 aromatic heterocycles. The predicted molar refractivity (Wildman–Crippen MR) is 134 cm³/mol. The second-order valence-corrected chi connectivity index (χ2v) is 8.19. The van der Waals surface area contributed by atoms with Crippen LogP contribution in [0.1, 0.15) is 12.6 Å². The first kappa shape index (κ1) is 31.2. The average Bonchev–Trinajstić information content (AvgIpc) is 2.82. The topological polar surface area (TPSA) is 43.4 Å². The third-order valence-electron chi connectivity index (χ3n) is 4.43. The summed E-state index contributed by atoms with van der Waals surface area (Å²) in [6, 6.07) is 32.8. The molecule has 9 heteroatoms. The van der Waals surface area contributed by atoms with Crippen LogP contribution in [-0.4, -0.2) is 15.7 Å². The zero-order valence-corrected chi connectivity index (χ0v) is 23.7. The van der Waals surface area contributed by atoms with E-state index in [0.29, 0.717) is 0 Å². The van der Waals surface area contributed by atoms with Gasteiger partial charge in [-0.05, 0) is 42.6 Å². The molecule has 0 fully saturated rings. The van der Waals surface area contributed by atoms with Gasteiger partial charge in [0.05, 0.1) is 0 Å². The normalized spacial score (nSPS) is 9.86. The summed E-state index contributed by atoms with van der Waals surface area (Å²) >= 11 is 0. The Bertz CT molecular complexity index is 1230. The van der Waals surface area contributed by atoms with Gasteiger partial charge in [0.25, 0.3) is 0 Å². The second kappa shape index (κ2) is 16.0. The molecule has 0 aliphatic carbocycles. The van der Waals surface area contributed by atoms with Crippen molar-refractivity contribution in [1.82, 2.24) is 0 Å². The Hall–Kier alpha value is -1.88. The fourth-order valence-electron chi connectivity index (χ4n) is 2.68. The van der Waals surface area contributed by atoms with E-state index in [1.165, 1.54) is 41.0 Å². The molecule has 0 saturated carbocycles.